The summed E-state index contributed by atoms with van der Waals surface area (Å²) in [6.07, 6.45) is -1.42. The Bertz CT molecular complexity index is 537. The fourth-order valence-corrected chi connectivity index (χ4v) is 1.55. The first-order valence-electron chi connectivity index (χ1n) is 5.31. The largest absolute Gasteiger partial charge is 0.395 e. The molecule has 0 fully saturated rings. The molecule has 18 heavy (non-hydrogen) atoms. The summed E-state index contributed by atoms with van der Waals surface area (Å²) < 4.78 is 1.74. The number of aliphatic hydroxyl groups excluding tert-OH is 3. The molecule has 0 saturated heterocycles. The molecule has 0 radical (unpaired) electrons. The van der Waals surface area contributed by atoms with Crippen LogP contribution in [0.15, 0.2) is 14.4 Å². The van der Waals surface area contributed by atoms with Gasteiger partial charge in [0, 0.05) is 0 Å². The highest BCUT2D eigenvalue weighted by Gasteiger charge is 2.17. The molecule has 0 bridgehead atoms. The number of hydrogen-bond acceptors (Lipinski definition) is 6. The second-order valence-electron chi connectivity index (χ2n) is 3.60. The molecule has 0 amide bonds. The van der Waals surface area contributed by atoms with E-state index in [9.17, 15) is 19.5 Å². The van der Waals surface area contributed by atoms with Crippen LogP contribution < -0.4 is 17.1 Å². The maximum Gasteiger partial charge on any atom is 0.338 e. The fourth-order valence-electron chi connectivity index (χ4n) is 1.55. The number of aliphatic hydroxyl groups is 3. The molecule has 0 saturated carbocycles. The van der Waals surface area contributed by atoms with Crippen molar-refractivity contribution in [2.75, 3.05) is 13.2 Å². The van der Waals surface area contributed by atoms with Gasteiger partial charge in [0.1, 0.15) is 6.23 Å². The van der Waals surface area contributed by atoms with Gasteiger partial charge in [-0.2, -0.15) is 0 Å². The molecule has 9 heteroatoms. The Kier molecular flexibility index (Phi) is 4.59. The minimum Gasteiger partial charge on any atom is -0.395 e. The van der Waals surface area contributed by atoms with Crippen LogP contribution in [0.5, 0.6) is 0 Å². The van der Waals surface area contributed by atoms with Gasteiger partial charge in [-0.25, -0.2) is 28.1 Å². The average Bonchev–Trinajstić information content (AvgIpc) is 2.30. The molecule has 0 aliphatic heterocycles. The van der Waals surface area contributed by atoms with Crippen molar-refractivity contribution in [1.29, 1.82) is 0 Å². The van der Waals surface area contributed by atoms with Crippen molar-refractivity contribution >= 4 is 0 Å². The van der Waals surface area contributed by atoms with E-state index in [4.69, 9.17) is 10.2 Å². The molecule has 1 aromatic rings. The van der Waals surface area contributed by atoms with Crippen LogP contribution >= 0.6 is 0 Å². The molecule has 1 aromatic heterocycles. The van der Waals surface area contributed by atoms with Crippen molar-refractivity contribution in [1.82, 2.24) is 13.7 Å². The minimum atomic E-state index is -1.42. The standard InChI is InChI=1S/C9H15N3O6/c1-6(15)12-8(17)10(2-4-13)7(16)11(3-5-14)9(12)18/h6,13-15H,2-5H2,1H3. The van der Waals surface area contributed by atoms with Crippen LogP contribution in [0.3, 0.4) is 0 Å². The Hall–Kier alpha value is -1.71. The van der Waals surface area contributed by atoms with Crippen LogP contribution in [0, 0.1) is 0 Å². The molecule has 0 spiro atoms. The summed E-state index contributed by atoms with van der Waals surface area (Å²) in [6.45, 7) is -0.329. The SMILES string of the molecule is CC(O)n1c(=O)n(CCO)c(=O)n(CCO)c1=O. The number of nitrogens with zero attached hydrogens (tertiary/aromatic N) is 3. The molecule has 0 aliphatic rings. The van der Waals surface area contributed by atoms with Crippen molar-refractivity contribution in [2.45, 2.75) is 26.2 Å². The van der Waals surface area contributed by atoms with Gasteiger partial charge in [-0.05, 0) is 6.92 Å². The number of rotatable bonds is 5. The molecular formula is C9H15N3O6. The second kappa shape index (κ2) is 5.76. The lowest BCUT2D eigenvalue weighted by molar-refractivity contribution is 0.105. The third-order valence-corrected chi connectivity index (χ3v) is 2.36. The first-order chi connectivity index (χ1) is 8.45. The van der Waals surface area contributed by atoms with Crippen LogP contribution in [-0.2, 0) is 13.1 Å². The zero-order valence-electron chi connectivity index (χ0n) is 9.81. The summed E-state index contributed by atoms with van der Waals surface area (Å²) in [5.41, 5.74) is -2.92. The highest BCUT2D eigenvalue weighted by atomic mass is 16.3. The fraction of sp³-hybridized carbons (Fsp3) is 0.667. The van der Waals surface area contributed by atoms with Crippen molar-refractivity contribution in [3.05, 3.63) is 31.5 Å². The van der Waals surface area contributed by atoms with Crippen molar-refractivity contribution in [2.24, 2.45) is 0 Å². The van der Waals surface area contributed by atoms with Gasteiger partial charge in [0.25, 0.3) is 0 Å². The van der Waals surface area contributed by atoms with Crippen LogP contribution in [0.4, 0.5) is 0 Å². The molecule has 0 aromatic carbocycles. The Labute approximate surface area is 101 Å². The zero-order valence-corrected chi connectivity index (χ0v) is 9.81. The van der Waals surface area contributed by atoms with Gasteiger partial charge in [0.2, 0.25) is 0 Å². The van der Waals surface area contributed by atoms with E-state index < -0.39 is 36.5 Å². The lowest BCUT2D eigenvalue weighted by Crippen LogP contribution is -2.55. The van der Waals surface area contributed by atoms with E-state index in [2.05, 4.69) is 0 Å². The minimum absolute atomic E-state index is 0.296. The van der Waals surface area contributed by atoms with E-state index in [1.807, 2.05) is 0 Å². The van der Waals surface area contributed by atoms with Crippen LogP contribution in [0.25, 0.3) is 0 Å². The van der Waals surface area contributed by atoms with Gasteiger partial charge in [0.15, 0.2) is 0 Å². The number of hydrogen-bond donors (Lipinski definition) is 3. The first kappa shape index (κ1) is 14.4. The maximum atomic E-state index is 11.8. The molecule has 1 unspecified atom stereocenters. The lowest BCUT2D eigenvalue weighted by atomic mass is 10.5. The molecule has 1 rings (SSSR count). The van der Waals surface area contributed by atoms with Crippen LogP contribution in [0.2, 0.25) is 0 Å². The molecule has 1 atom stereocenters. The molecule has 1 heterocycles. The second-order valence-corrected chi connectivity index (χ2v) is 3.60. The normalized spacial score (nSPS) is 12.7. The summed E-state index contributed by atoms with van der Waals surface area (Å²) in [5.74, 6) is 0. The van der Waals surface area contributed by atoms with Gasteiger partial charge < -0.3 is 15.3 Å². The Morgan fingerprint density at radius 1 is 0.944 bits per heavy atom. The van der Waals surface area contributed by atoms with Crippen LogP contribution in [0.1, 0.15) is 13.2 Å². The topological polar surface area (TPSA) is 127 Å². The van der Waals surface area contributed by atoms with E-state index in [1.54, 1.807) is 0 Å². The van der Waals surface area contributed by atoms with E-state index >= 15 is 0 Å². The Balaban J connectivity index is 3.71. The first-order valence-corrected chi connectivity index (χ1v) is 5.31. The van der Waals surface area contributed by atoms with Crippen molar-refractivity contribution < 1.29 is 15.3 Å². The Morgan fingerprint density at radius 3 is 1.61 bits per heavy atom. The van der Waals surface area contributed by atoms with E-state index in [0.29, 0.717) is 13.7 Å². The number of aromatic nitrogens is 3. The summed E-state index contributed by atoms with van der Waals surface area (Å²) in [5, 5.41) is 26.9. The predicted molar refractivity (Wildman–Crippen MR) is 60.3 cm³/mol. The van der Waals surface area contributed by atoms with Gasteiger partial charge in [-0.15, -0.1) is 0 Å². The monoisotopic (exact) mass is 261 g/mol. The predicted octanol–water partition coefficient (Wildman–Crippen LogP) is -3.33. The lowest BCUT2D eigenvalue weighted by Gasteiger charge is -2.14. The van der Waals surface area contributed by atoms with Gasteiger partial charge in [-0.1, -0.05) is 0 Å². The molecular weight excluding hydrogens is 246 g/mol. The molecule has 102 valence electrons. The summed E-state index contributed by atoms with van der Waals surface area (Å²) in [6, 6.07) is 0. The maximum absolute atomic E-state index is 11.8. The highest BCUT2D eigenvalue weighted by Crippen LogP contribution is 1.89. The van der Waals surface area contributed by atoms with Crippen molar-refractivity contribution in [3.8, 4) is 0 Å². The van der Waals surface area contributed by atoms with Crippen molar-refractivity contribution in [3.63, 3.8) is 0 Å². The van der Waals surface area contributed by atoms with E-state index in [0.717, 1.165) is 0 Å². The third kappa shape index (κ3) is 2.42. The highest BCUT2D eigenvalue weighted by molar-refractivity contribution is 4.80. The average molecular weight is 261 g/mol. The van der Waals surface area contributed by atoms with Gasteiger partial charge in [-0.3, -0.25) is 0 Å². The van der Waals surface area contributed by atoms with E-state index in [-0.39, 0.29) is 13.1 Å². The van der Waals surface area contributed by atoms with E-state index in [1.165, 1.54) is 6.92 Å². The smallest absolute Gasteiger partial charge is 0.338 e. The van der Waals surface area contributed by atoms with Gasteiger partial charge >= 0.3 is 17.1 Å². The quantitative estimate of drug-likeness (QED) is 0.508. The summed E-state index contributed by atoms with van der Waals surface area (Å²) in [4.78, 5) is 35.3. The van der Waals surface area contributed by atoms with Crippen LogP contribution in [-0.4, -0.2) is 42.2 Å². The zero-order chi connectivity index (χ0) is 13.9. The molecule has 3 N–H and O–H groups in total. The summed E-state index contributed by atoms with van der Waals surface area (Å²) >= 11 is 0. The molecule has 0 aliphatic carbocycles. The summed E-state index contributed by atoms with van der Waals surface area (Å²) in [7, 11) is 0. The third-order valence-electron chi connectivity index (χ3n) is 2.36. The van der Waals surface area contributed by atoms with Gasteiger partial charge in [0.05, 0.1) is 26.3 Å². The molecule has 9 nitrogen and oxygen atoms in total. The Morgan fingerprint density at radius 2 is 1.33 bits per heavy atom.